The predicted octanol–water partition coefficient (Wildman–Crippen LogP) is 3.95. The summed E-state index contributed by atoms with van der Waals surface area (Å²) >= 11 is 5.31. The molecule has 0 spiro atoms. The van der Waals surface area contributed by atoms with E-state index in [0.29, 0.717) is 6.04 Å². The van der Waals surface area contributed by atoms with Crippen molar-refractivity contribution in [3.63, 3.8) is 0 Å². The lowest BCUT2D eigenvalue weighted by Crippen LogP contribution is -2.24. The first-order valence-electron chi connectivity index (χ1n) is 4.80. The number of halogens is 1. The molecule has 0 bridgehead atoms. The Bertz CT molecular complexity index is 283. The van der Waals surface area contributed by atoms with Crippen molar-refractivity contribution < 1.29 is 0 Å². The molecule has 3 heteroatoms. The minimum absolute atomic E-state index is 0.557. The van der Waals surface area contributed by atoms with Gasteiger partial charge in [0.2, 0.25) is 0 Å². The molecule has 1 nitrogen and oxygen atoms in total. The molecule has 1 atom stereocenters. The quantitative estimate of drug-likeness (QED) is 0.774. The zero-order valence-corrected chi connectivity index (χ0v) is 10.8. The molecule has 14 heavy (non-hydrogen) atoms. The van der Waals surface area contributed by atoms with Crippen LogP contribution in [0.15, 0.2) is 28.6 Å². The second-order valence-corrected chi connectivity index (χ2v) is 5.19. The van der Waals surface area contributed by atoms with Crippen LogP contribution in [0.1, 0.15) is 24.6 Å². The topological polar surface area (TPSA) is 12.0 Å². The molecule has 78 valence electrons. The molecule has 0 saturated heterocycles. The highest BCUT2D eigenvalue weighted by Crippen LogP contribution is 2.22. The molecule has 0 fully saturated rings. The van der Waals surface area contributed by atoms with Gasteiger partial charge in [-0.15, -0.1) is 17.9 Å². The first-order chi connectivity index (χ1) is 6.74. The van der Waals surface area contributed by atoms with Crippen LogP contribution >= 0.6 is 27.3 Å². The van der Waals surface area contributed by atoms with E-state index in [1.807, 2.05) is 6.08 Å². The van der Waals surface area contributed by atoms with Crippen LogP contribution in [-0.2, 0) is 6.54 Å². The van der Waals surface area contributed by atoms with Gasteiger partial charge in [-0.3, -0.25) is 0 Å². The van der Waals surface area contributed by atoms with Gasteiger partial charge in [-0.25, -0.2) is 0 Å². The van der Waals surface area contributed by atoms with Crippen molar-refractivity contribution in [1.29, 1.82) is 0 Å². The Hall–Kier alpha value is -0.120. The van der Waals surface area contributed by atoms with Crippen LogP contribution in [0.4, 0.5) is 0 Å². The van der Waals surface area contributed by atoms with E-state index in [-0.39, 0.29) is 0 Å². The molecule has 0 radical (unpaired) electrons. The zero-order valence-electron chi connectivity index (χ0n) is 8.42. The Morgan fingerprint density at radius 2 is 2.50 bits per heavy atom. The van der Waals surface area contributed by atoms with Crippen molar-refractivity contribution in [2.24, 2.45) is 0 Å². The van der Waals surface area contributed by atoms with Crippen molar-refractivity contribution in [3.8, 4) is 0 Å². The zero-order chi connectivity index (χ0) is 10.4. The minimum Gasteiger partial charge on any atom is -0.309 e. The molecule has 0 aliphatic rings. The largest absolute Gasteiger partial charge is 0.309 e. The average molecular weight is 274 g/mol. The van der Waals surface area contributed by atoms with E-state index in [0.717, 1.165) is 19.4 Å². The number of allylic oxidation sites excluding steroid dienone is 1. The fourth-order valence-corrected chi connectivity index (χ4v) is 2.63. The summed E-state index contributed by atoms with van der Waals surface area (Å²) < 4.78 is 1.21. The molecular weight excluding hydrogens is 258 g/mol. The number of thiophene rings is 1. The summed E-state index contributed by atoms with van der Waals surface area (Å²) in [4.78, 5) is 1.37. The van der Waals surface area contributed by atoms with Gasteiger partial charge in [-0.05, 0) is 47.1 Å². The van der Waals surface area contributed by atoms with Gasteiger partial charge in [0.05, 0.1) is 0 Å². The summed E-state index contributed by atoms with van der Waals surface area (Å²) in [5.41, 5.74) is 0. The Labute approximate surface area is 98.4 Å². The average Bonchev–Trinajstić information content (AvgIpc) is 2.58. The van der Waals surface area contributed by atoms with Gasteiger partial charge in [-0.1, -0.05) is 6.08 Å². The minimum atomic E-state index is 0.557. The predicted molar refractivity (Wildman–Crippen MR) is 67.8 cm³/mol. The van der Waals surface area contributed by atoms with E-state index in [4.69, 9.17) is 0 Å². The van der Waals surface area contributed by atoms with Crippen LogP contribution in [0.25, 0.3) is 0 Å². The summed E-state index contributed by atoms with van der Waals surface area (Å²) in [6.45, 7) is 6.89. The van der Waals surface area contributed by atoms with Gasteiger partial charge in [0, 0.05) is 21.9 Å². The molecule has 0 saturated carbocycles. The number of hydrogen-bond donors (Lipinski definition) is 1. The van der Waals surface area contributed by atoms with E-state index >= 15 is 0 Å². The van der Waals surface area contributed by atoms with Gasteiger partial charge in [0.1, 0.15) is 0 Å². The molecule has 1 unspecified atom stereocenters. The molecule has 0 aliphatic heterocycles. The Morgan fingerprint density at radius 1 is 1.71 bits per heavy atom. The van der Waals surface area contributed by atoms with Gasteiger partial charge in [0.25, 0.3) is 0 Å². The fourth-order valence-electron chi connectivity index (χ4n) is 1.19. The normalized spacial score (nSPS) is 12.7. The smallest absolute Gasteiger partial charge is 0.0327 e. The van der Waals surface area contributed by atoms with E-state index in [1.54, 1.807) is 11.3 Å². The van der Waals surface area contributed by atoms with Gasteiger partial charge >= 0.3 is 0 Å². The maximum Gasteiger partial charge on any atom is 0.0327 e. The maximum atomic E-state index is 3.72. The Morgan fingerprint density at radius 3 is 3.07 bits per heavy atom. The van der Waals surface area contributed by atoms with Crippen LogP contribution in [0.3, 0.4) is 0 Å². The lowest BCUT2D eigenvalue weighted by molar-refractivity contribution is 0.520. The van der Waals surface area contributed by atoms with E-state index in [1.165, 1.54) is 9.35 Å². The van der Waals surface area contributed by atoms with Crippen LogP contribution in [0, 0.1) is 0 Å². The SMILES string of the molecule is C=CCCC(C)NCc1sccc1Br. The molecule has 0 aliphatic carbocycles. The van der Waals surface area contributed by atoms with Crippen LogP contribution in [0.5, 0.6) is 0 Å². The number of hydrogen-bond acceptors (Lipinski definition) is 2. The molecule has 0 amide bonds. The van der Waals surface area contributed by atoms with Gasteiger partial charge in [-0.2, -0.15) is 0 Å². The highest BCUT2D eigenvalue weighted by atomic mass is 79.9. The lowest BCUT2D eigenvalue weighted by atomic mass is 10.2. The first kappa shape index (κ1) is 12.0. The third kappa shape index (κ3) is 3.95. The van der Waals surface area contributed by atoms with Crippen LogP contribution < -0.4 is 5.32 Å². The van der Waals surface area contributed by atoms with Crippen molar-refractivity contribution in [3.05, 3.63) is 33.5 Å². The summed E-state index contributed by atoms with van der Waals surface area (Å²) in [6.07, 6.45) is 4.21. The molecule has 1 rings (SSSR count). The fraction of sp³-hybridized carbons (Fsp3) is 0.455. The van der Waals surface area contributed by atoms with Crippen LogP contribution in [0.2, 0.25) is 0 Å². The summed E-state index contributed by atoms with van der Waals surface area (Å²) in [5, 5.41) is 5.60. The highest BCUT2D eigenvalue weighted by Gasteiger charge is 2.03. The van der Waals surface area contributed by atoms with Crippen molar-refractivity contribution in [2.45, 2.75) is 32.4 Å². The second-order valence-electron chi connectivity index (χ2n) is 3.34. The molecule has 0 aromatic carbocycles. The summed E-state index contributed by atoms with van der Waals surface area (Å²) in [6, 6.07) is 2.65. The molecule has 1 heterocycles. The van der Waals surface area contributed by atoms with Crippen molar-refractivity contribution >= 4 is 27.3 Å². The Kier molecular flexibility index (Phi) is 5.45. The lowest BCUT2D eigenvalue weighted by Gasteiger charge is -2.11. The van der Waals surface area contributed by atoms with Crippen molar-refractivity contribution in [2.75, 3.05) is 0 Å². The molecule has 1 aromatic rings. The standard InChI is InChI=1S/C11H16BrNS/c1-3-4-5-9(2)13-8-11-10(12)6-7-14-11/h3,6-7,9,13H,1,4-5,8H2,2H3. The van der Waals surface area contributed by atoms with E-state index in [9.17, 15) is 0 Å². The maximum absolute atomic E-state index is 3.72. The van der Waals surface area contributed by atoms with Gasteiger partial charge in [0.15, 0.2) is 0 Å². The van der Waals surface area contributed by atoms with Crippen LogP contribution in [-0.4, -0.2) is 6.04 Å². The van der Waals surface area contributed by atoms with Gasteiger partial charge < -0.3 is 5.32 Å². The summed E-state index contributed by atoms with van der Waals surface area (Å²) in [5.74, 6) is 0. The summed E-state index contributed by atoms with van der Waals surface area (Å²) in [7, 11) is 0. The number of rotatable bonds is 6. The molecule has 1 aromatic heterocycles. The highest BCUT2D eigenvalue weighted by molar-refractivity contribution is 9.10. The van der Waals surface area contributed by atoms with E-state index < -0.39 is 0 Å². The third-order valence-corrected chi connectivity index (χ3v) is 4.03. The monoisotopic (exact) mass is 273 g/mol. The van der Waals surface area contributed by atoms with E-state index in [2.05, 4.69) is 46.2 Å². The third-order valence-electron chi connectivity index (χ3n) is 2.11. The first-order valence-corrected chi connectivity index (χ1v) is 6.47. The second kappa shape index (κ2) is 6.38. The Balaban J connectivity index is 2.26. The molecule has 1 N–H and O–H groups in total. The molecular formula is C11H16BrNS. The van der Waals surface area contributed by atoms with Crippen molar-refractivity contribution in [1.82, 2.24) is 5.32 Å². The number of nitrogens with one attached hydrogen (secondary N) is 1.